The summed E-state index contributed by atoms with van der Waals surface area (Å²) in [4.78, 5) is 11.7. The minimum atomic E-state index is -0.989. The van der Waals surface area contributed by atoms with Crippen LogP contribution in [0.3, 0.4) is 0 Å². The molecule has 2 aromatic carbocycles. The number of benzene rings is 2. The Balaban J connectivity index is 2.24. The highest BCUT2D eigenvalue weighted by Gasteiger charge is 2.21. The molecule has 0 aliphatic rings. The second-order valence-corrected chi connectivity index (χ2v) is 5.60. The maximum atomic E-state index is 13.5. The fraction of sp³-hybridized carbons (Fsp3) is 0.125. The van der Waals surface area contributed by atoms with Gasteiger partial charge in [0.15, 0.2) is 0 Å². The van der Waals surface area contributed by atoms with Gasteiger partial charge < -0.3 is 5.11 Å². The Labute approximate surface area is 126 Å². The van der Waals surface area contributed by atoms with Gasteiger partial charge in [-0.25, -0.2) is 4.39 Å². The molecule has 0 aliphatic heterocycles. The van der Waals surface area contributed by atoms with E-state index < -0.39 is 17.0 Å². The number of nitriles is 1. The maximum absolute atomic E-state index is 13.5. The summed E-state index contributed by atoms with van der Waals surface area (Å²) < 4.78 is 13.5. The first-order valence-corrected chi connectivity index (χ1v) is 7.11. The molecule has 3 nitrogen and oxygen atoms in total. The summed E-state index contributed by atoms with van der Waals surface area (Å²) in [6.07, 6.45) is 0.308. The van der Waals surface area contributed by atoms with E-state index in [-0.39, 0.29) is 5.56 Å². The third kappa shape index (κ3) is 3.83. The van der Waals surface area contributed by atoms with Crippen molar-refractivity contribution in [1.82, 2.24) is 0 Å². The molecule has 1 unspecified atom stereocenters. The van der Waals surface area contributed by atoms with Crippen molar-refractivity contribution in [2.45, 2.75) is 16.6 Å². The molecule has 0 saturated carbocycles. The molecular formula is C16H12FNO2S. The van der Waals surface area contributed by atoms with Crippen LogP contribution >= 0.6 is 11.8 Å². The van der Waals surface area contributed by atoms with E-state index >= 15 is 0 Å². The molecule has 1 N–H and O–H groups in total. The van der Waals surface area contributed by atoms with Crippen LogP contribution in [0, 0.1) is 17.1 Å². The largest absolute Gasteiger partial charge is 0.480 e. The molecule has 0 saturated heterocycles. The Hall–Kier alpha value is -2.32. The maximum Gasteiger partial charge on any atom is 0.317 e. The minimum Gasteiger partial charge on any atom is -0.480 e. The van der Waals surface area contributed by atoms with Gasteiger partial charge in [0.2, 0.25) is 0 Å². The summed E-state index contributed by atoms with van der Waals surface area (Å²) in [5.41, 5.74) is 0.772. The average molecular weight is 301 g/mol. The van der Waals surface area contributed by atoms with E-state index in [4.69, 9.17) is 5.26 Å². The number of halogens is 1. The molecule has 1 atom stereocenters. The summed E-state index contributed by atoms with van der Waals surface area (Å²) in [5, 5.41) is 17.5. The lowest BCUT2D eigenvalue weighted by Crippen LogP contribution is -2.19. The Morgan fingerprint density at radius 1 is 1.24 bits per heavy atom. The Morgan fingerprint density at radius 3 is 2.57 bits per heavy atom. The first-order valence-electron chi connectivity index (χ1n) is 6.24. The summed E-state index contributed by atoms with van der Waals surface area (Å²) in [5.74, 6) is -1.62. The third-order valence-electron chi connectivity index (χ3n) is 2.90. The van der Waals surface area contributed by atoms with E-state index in [1.54, 1.807) is 12.1 Å². The molecule has 2 rings (SSSR count). The lowest BCUT2D eigenvalue weighted by atomic mass is 10.1. The van der Waals surface area contributed by atoms with Gasteiger partial charge in [-0.05, 0) is 24.1 Å². The van der Waals surface area contributed by atoms with Crippen molar-refractivity contribution in [3.05, 3.63) is 65.5 Å². The Morgan fingerprint density at radius 2 is 1.95 bits per heavy atom. The first-order chi connectivity index (χ1) is 10.1. The predicted octanol–water partition coefficient (Wildman–Crippen LogP) is 3.49. The van der Waals surface area contributed by atoms with Crippen LogP contribution in [-0.2, 0) is 11.2 Å². The highest BCUT2D eigenvalue weighted by Crippen LogP contribution is 2.30. The fourth-order valence-corrected chi connectivity index (χ4v) is 2.97. The molecule has 0 heterocycles. The fourth-order valence-electron chi connectivity index (χ4n) is 1.87. The van der Waals surface area contributed by atoms with Crippen LogP contribution in [0.25, 0.3) is 0 Å². The van der Waals surface area contributed by atoms with E-state index in [2.05, 4.69) is 0 Å². The number of carboxylic acid groups (broad SMARTS) is 1. The van der Waals surface area contributed by atoms with Gasteiger partial charge in [-0.15, -0.1) is 11.8 Å². The number of hydrogen-bond acceptors (Lipinski definition) is 3. The van der Waals surface area contributed by atoms with E-state index in [9.17, 15) is 14.3 Å². The first kappa shape index (κ1) is 15.1. The SMILES string of the molecule is N#Cc1c(F)cccc1SC(Cc1ccccc1)C(=O)O. The second-order valence-electron chi connectivity index (χ2n) is 4.36. The zero-order valence-electron chi connectivity index (χ0n) is 11.0. The van der Waals surface area contributed by atoms with Gasteiger partial charge in [0, 0.05) is 4.90 Å². The van der Waals surface area contributed by atoms with Crippen LogP contribution in [0.5, 0.6) is 0 Å². The average Bonchev–Trinajstić information content (AvgIpc) is 2.48. The van der Waals surface area contributed by atoms with Crippen molar-refractivity contribution in [2.75, 3.05) is 0 Å². The summed E-state index contributed by atoms with van der Waals surface area (Å²) in [6, 6.07) is 15.2. The molecule has 0 amide bonds. The summed E-state index contributed by atoms with van der Waals surface area (Å²) >= 11 is 0.995. The van der Waals surface area contributed by atoms with Gasteiger partial charge in [0.25, 0.3) is 0 Å². The lowest BCUT2D eigenvalue weighted by molar-refractivity contribution is -0.136. The topological polar surface area (TPSA) is 61.1 Å². The van der Waals surface area contributed by atoms with Crippen LogP contribution in [0.1, 0.15) is 11.1 Å². The number of carboxylic acids is 1. The highest BCUT2D eigenvalue weighted by molar-refractivity contribution is 8.00. The van der Waals surface area contributed by atoms with E-state index in [0.29, 0.717) is 11.3 Å². The molecule has 0 bridgehead atoms. The molecule has 106 valence electrons. The summed E-state index contributed by atoms with van der Waals surface area (Å²) in [6.45, 7) is 0. The quantitative estimate of drug-likeness (QED) is 0.859. The van der Waals surface area contributed by atoms with Crippen molar-refractivity contribution in [2.24, 2.45) is 0 Å². The van der Waals surface area contributed by atoms with Gasteiger partial charge in [0.05, 0.1) is 0 Å². The number of aliphatic carboxylic acids is 1. The highest BCUT2D eigenvalue weighted by atomic mass is 32.2. The molecule has 21 heavy (non-hydrogen) atoms. The van der Waals surface area contributed by atoms with Crippen molar-refractivity contribution >= 4 is 17.7 Å². The van der Waals surface area contributed by atoms with Crippen LogP contribution in [0.4, 0.5) is 4.39 Å². The molecule has 0 aliphatic carbocycles. The van der Waals surface area contributed by atoms with Crippen molar-refractivity contribution in [3.63, 3.8) is 0 Å². The van der Waals surface area contributed by atoms with Crippen molar-refractivity contribution in [1.29, 1.82) is 5.26 Å². The van der Waals surface area contributed by atoms with Gasteiger partial charge in [0.1, 0.15) is 22.7 Å². The van der Waals surface area contributed by atoms with Crippen LogP contribution in [-0.4, -0.2) is 16.3 Å². The number of thioether (sulfide) groups is 1. The van der Waals surface area contributed by atoms with Gasteiger partial charge in [-0.3, -0.25) is 4.79 Å². The number of nitrogens with zero attached hydrogens (tertiary/aromatic N) is 1. The smallest absolute Gasteiger partial charge is 0.317 e. The van der Waals surface area contributed by atoms with Gasteiger partial charge in [-0.2, -0.15) is 5.26 Å². The lowest BCUT2D eigenvalue weighted by Gasteiger charge is -2.13. The molecule has 0 aromatic heterocycles. The van der Waals surface area contributed by atoms with Crippen LogP contribution in [0.2, 0.25) is 0 Å². The van der Waals surface area contributed by atoms with E-state index in [1.165, 1.54) is 12.1 Å². The molecule has 5 heteroatoms. The third-order valence-corrected chi connectivity index (χ3v) is 4.14. The zero-order valence-corrected chi connectivity index (χ0v) is 11.8. The molecule has 0 spiro atoms. The van der Waals surface area contributed by atoms with Crippen LogP contribution in [0.15, 0.2) is 53.4 Å². The van der Waals surface area contributed by atoms with Crippen molar-refractivity contribution in [3.8, 4) is 6.07 Å². The molecule has 2 aromatic rings. The van der Waals surface area contributed by atoms with Gasteiger partial charge in [-0.1, -0.05) is 36.4 Å². The Bertz CT molecular complexity index is 682. The normalized spacial score (nSPS) is 11.6. The molecular weight excluding hydrogens is 289 g/mol. The number of hydrogen-bond donors (Lipinski definition) is 1. The number of rotatable bonds is 5. The van der Waals surface area contributed by atoms with E-state index in [0.717, 1.165) is 17.3 Å². The molecule has 0 radical (unpaired) electrons. The zero-order chi connectivity index (χ0) is 15.2. The predicted molar refractivity (Wildman–Crippen MR) is 78.5 cm³/mol. The summed E-state index contributed by atoms with van der Waals surface area (Å²) in [7, 11) is 0. The standard InChI is InChI=1S/C16H12FNO2S/c17-13-7-4-8-14(12(13)10-18)21-15(16(19)20)9-11-5-2-1-3-6-11/h1-8,15H,9H2,(H,19,20). The van der Waals surface area contributed by atoms with Crippen LogP contribution < -0.4 is 0 Å². The number of carbonyl (C=O) groups is 1. The monoisotopic (exact) mass is 301 g/mol. The minimum absolute atomic E-state index is 0.109. The Kier molecular flexibility index (Phi) is 4.96. The second kappa shape index (κ2) is 6.91. The van der Waals surface area contributed by atoms with Gasteiger partial charge >= 0.3 is 5.97 Å². The molecule has 0 fully saturated rings. The van der Waals surface area contributed by atoms with Crippen molar-refractivity contribution < 1.29 is 14.3 Å². The van der Waals surface area contributed by atoms with E-state index in [1.807, 2.05) is 30.3 Å².